The molecule has 0 bridgehead atoms. The summed E-state index contributed by atoms with van der Waals surface area (Å²) in [4.78, 5) is 20.6. The Morgan fingerprint density at radius 2 is 1.40 bits per heavy atom. The monoisotopic (exact) mass is 303 g/mol. The first-order valence-electron chi connectivity index (χ1n) is 7.15. The van der Waals surface area contributed by atoms with Gasteiger partial charge in [0.1, 0.15) is 11.7 Å². The number of carboxylic acids is 1. The SMILES string of the molecule is CCC(C(C)=O)C(=O)O.CCC(C)[O][Al][O]C(C)CC. The van der Waals surface area contributed by atoms with Crippen LogP contribution in [0, 0.1) is 5.92 Å². The second-order valence-corrected chi connectivity index (χ2v) is 5.45. The third kappa shape index (κ3) is 12.6. The van der Waals surface area contributed by atoms with Crippen molar-refractivity contribution in [2.45, 2.75) is 73.0 Å². The van der Waals surface area contributed by atoms with Gasteiger partial charge in [-0.15, -0.1) is 0 Å². The fraction of sp³-hybridized carbons (Fsp3) is 0.857. The second kappa shape index (κ2) is 13.6. The van der Waals surface area contributed by atoms with Gasteiger partial charge in [-0.3, -0.25) is 9.59 Å². The molecule has 0 rings (SSSR count). The number of hydrogen-bond donors (Lipinski definition) is 1. The molecular formula is C14H28AlO5. The molecule has 0 aromatic rings. The zero-order valence-corrected chi connectivity index (χ0v) is 14.7. The van der Waals surface area contributed by atoms with Crippen molar-refractivity contribution < 1.29 is 22.3 Å². The zero-order chi connectivity index (χ0) is 16.1. The highest BCUT2D eigenvalue weighted by Gasteiger charge is 2.19. The molecule has 0 saturated heterocycles. The topological polar surface area (TPSA) is 72.8 Å². The Bertz CT molecular complexity index is 246. The van der Waals surface area contributed by atoms with Gasteiger partial charge < -0.3 is 12.7 Å². The summed E-state index contributed by atoms with van der Waals surface area (Å²) in [6, 6.07) is 0. The van der Waals surface area contributed by atoms with E-state index in [2.05, 4.69) is 27.7 Å². The molecule has 0 aliphatic carbocycles. The fourth-order valence-corrected chi connectivity index (χ4v) is 1.88. The summed E-state index contributed by atoms with van der Waals surface area (Å²) < 4.78 is 10.8. The van der Waals surface area contributed by atoms with E-state index in [0.29, 0.717) is 18.6 Å². The minimum Gasteiger partial charge on any atom is -0.481 e. The lowest BCUT2D eigenvalue weighted by atomic mass is 10.0. The maximum Gasteiger partial charge on any atom is 0.668 e. The molecule has 0 aliphatic rings. The predicted octanol–water partition coefficient (Wildman–Crippen LogP) is 2.84. The minimum atomic E-state index is -1.02. The number of carbonyl (C=O) groups is 2. The van der Waals surface area contributed by atoms with Gasteiger partial charge in [0.05, 0.1) is 0 Å². The minimum absolute atomic E-state index is 0.250. The average molecular weight is 303 g/mol. The van der Waals surface area contributed by atoms with Crippen molar-refractivity contribution in [2.24, 2.45) is 5.92 Å². The lowest BCUT2D eigenvalue weighted by Crippen LogP contribution is -2.19. The van der Waals surface area contributed by atoms with Crippen LogP contribution in [-0.2, 0) is 17.2 Å². The molecule has 0 aliphatic heterocycles. The van der Waals surface area contributed by atoms with E-state index in [0.717, 1.165) is 12.8 Å². The fourth-order valence-electron chi connectivity index (χ4n) is 1.05. The van der Waals surface area contributed by atoms with E-state index in [1.807, 2.05) is 0 Å². The lowest BCUT2D eigenvalue weighted by molar-refractivity contribution is -0.145. The highest BCUT2D eigenvalue weighted by Crippen LogP contribution is 2.02. The van der Waals surface area contributed by atoms with Gasteiger partial charge in [-0.05, 0) is 40.0 Å². The molecule has 20 heavy (non-hydrogen) atoms. The van der Waals surface area contributed by atoms with Crippen molar-refractivity contribution >= 4 is 27.6 Å². The van der Waals surface area contributed by atoms with Gasteiger partial charge in [0.25, 0.3) is 0 Å². The molecule has 0 amide bonds. The highest BCUT2D eigenvalue weighted by atomic mass is 27.2. The van der Waals surface area contributed by atoms with E-state index in [9.17, 15) is 9.59 Å². The molecule has 0 spiro atoms. The summed E-state index contributed by atoms with van der Waals surface area (Å²) in [6.07, 6.45) is 3.22. The molecule has 5 nitrogen and oxygen atoms in total. The standard InChI is InChI=1S/C6H10O3.2C4H9O.Al/c1-3-5(4(2)7)6(8)9;2*1-3-4(2)5;/h5H,3H2,1-2H3,(H,8,9);2*4H,3H2,1-2H3;/q;2*-1;+2. The molecule has 1 radical (unpaired) electrons. The first-order chi connectivity index (χ1) is 9.29. The Morgan fingerprint density at radius 3 is 1.55 bits per heavy atom. The Kier molecular flexibility index (Phi) is 14.8. The number of hydrogen-bond acceptors (Lipinski definition) is 4. The number of Topliss-reactive ketones (excluding diaryl/α,β-unsaturated/α-hetero) is 1. The van der Waals surface area contributed by atoms with Crippen molar-refractivity contribution in [3.8, 4) is 0 Å². The molecule has 0 heterocycles. The molecule has 0 aromatic carbocycles. The highest BCUT2D eigenvalue weighted by molar-refractivity contribution is 6.18. The summed E-state index contributed by atoms with van der Waals surface area (Å²) >= 11 is -0.250. The Balaban J connectivity index is 0. The first kappa shape index (κ1) is 21.9. The zero-order valence-electron chi connectivity index (χ0n) is 13.5. The molecule has 0 aromatic heterocycles. The van der Waals surface area contributed by atoms with Gasteiger partial charge in [-0.1, -0.05) is 20.8 Å². The predicted molar refractivity (Wildman–Crippen MR) is 79.5 cm³/mol. The maximum atomic E-state index is 10.4. The van der Waals surface area contributed by atoms with Crippen molar-refractivity contribution in [3.05, 3.63) is 0 Å². The summed E-state index contributed by atoms with van der Waals surface area (Å²) in [5.41, 5.74) is 0. The molecule has 0 saturated carbocycles. The number of rotatable bonds is 9. The average Bonchev–Trinajstić information content (AvgIpc) is 2.38. The van der Waals surface area contributed by atoms with Gasteiger partial charge in [-0.25, -0.2) is 0 Å². The van der Waals surface area contributed by atoms with E-state index in [-0.39, 0.29) is 21.7 Å². The molecule has 6 heteroatoms. The van der Waals surface area contributed by atoms with E-state index in [1.165, 1.54) is 6.92 Å². The van der Waals surface area contributed by atoms with E-state index in [1.54, 1.807) is 6.92 Å². The molecule has 0 fully saturated rings. The van der Waals surface area contributed by atoms with Crippen LogP contribution in [-0.4, -0.2) is 45.0 Å². The number of carbonyl (C=O) groups excluding carboxylic acids is 1. The number of aliphatic carboxylic acids is 1. The smallest absolute Gasteiger partial charge is 0.481 e. The largest absolute Gasteiger partial charge is 0.668 e. The van der Waals surface area contributed by atoms with Gasteiger partial charge >= 0.3 is 21.9 Å². The van der Waals surface area contributed by atoms with E-state index in [4.69, 9.17) is 12.7 Å². The van der Waals surface area contributed by atoms with Crippen molar-refractivity contribution in [1.29, 1.82) is 0 Å². The summed E-state index contributed by atoms with van der Waals surface area (Å²) in [7, 11) is 0. The maximum absolute atomic E-state index is 10.4. The van der Waals surface area contributed by atoms with Crippen LogP contribution in [0.2, 0.25) is 0 Å². The Morgan fingerprint density at radius 1 is 1.00 bits per heavy atom. The van der Waals surface area contributed by atoms with Gasteiger partial charge in [0.15, 0.2) is 0 Å². The van der Waals surface area contributed by atoms with E-state index < -0.39 is 11.9 Å². The van der Waals surface area contributed by atoms with Crippen LogP contribution in [0.15, 0.2) is 0 Å². The van der Waals surface area contributed by atoms with E-state index >= 15 is 0 Å². The Hall–Kier alpha value is -0.408. The van der Waals surface area contributed by atoms with Crippen LogP contribution < -0.4 is 0 Å². The van der Waals surface area contributed by atoms with Crippen molar-refractivity contribution in [3.63, 3.8) is 0 Å². The number of ketones is 1. The van der Waals surface area contributed by atoms with Crippen LogP contribution >= 0.6 is 0 Å². The summed E-state index contributed by atoms with van der Waals surface area (Å²) in [6.45, 7) is 11.4. The quantitative estimate of drug-likeness (QED) is 0.524. The second-order valence-electron chi connectivity index (χ2n) is 4.72. The van der Waals surface area contributed by atoms with Crippen LogP contribution in [0.4, 0.5) is 0 Å². The third-order valence-electron chi connectivity index (χ3n) is 2.92. The molecule has 3 unspecified atom stereocenters. The van der Waals surface area contributed by atoms with Crippen LogP contribution in [0.3, 0.4) is 0 Å². The number of carboxylic acid groups (broad SMARTS) is 1. The lowest BCUT2D eigenvalue weighted by Gasteiger charge is -2.13. The normalized spacial score (nSPS) is 14.5. The Labute approximate surface area is 129 Å². The molecule has 117 valence electrons. The van der Waals surface area contributed by atoms with Gasteiger partial charge in [-0.2, -0.15) is 0 Å². The summed E-state index contributed by atoms with van der Waals surface area (Å²) in [5.74, 6) is -2.10. The summed E-state index contributed by atoms with van der Waals surface area (Å²) in [5, 5.41) is 8.32. The van der Waals surface area contributed by atoms with Crippen molar-refractivity contribution in [1.82, 2.24) is 0 Å². The van der Waals surface area contributed by atoms with Crippen LogP contribution in [0.1, 0.15) is 60.8 Å². The molecular weight excluding hydrogens is 275 g/mol. The first-order valence-corrected chi connectivity index (χ1v) is 8.10. The van der Waals surface area contributed by atoms with Crippen LogP contribution in [0.25, 0.3) is 0 Å². The van der Waals surface area contributed by atoms with Gasteiger partial charge in [0.2, 0.25) is 0 Å². The molecule has 1 N–H and O–H groups in total. The molecule has 3 atom stereocenters. The third-order valence-corrected chi connectivity index (χ3v) is 4.07. The van der Waals surface area contributed by atoms with Gasteiger partial charge in [0, 0.05) is 12.2 Å². The van der Waals surface area contributed by atoms with Crippen molar-refractivity contribution in [2.75, 3.05) is 0 Å². The van der Waals surface area contributed by atoms with Crippen LogP contribution in [0.5, 0.6) is 0 Å².